The maximum atomic E-state index is 4.35. The Bertz CT molecular complexity index is 795. The molecule has 0 bridgehead atoms. The Hall–Kier alpha value is -1.61. The monoisotopic (exact) mass is 428 g/mol. The van der Waals surface area contributed by atoms with E-state index in [1.807, 2.05) is 25.2 Å². The molecule has 0 fully saturated rings. The molecule has 0 saturated carbocycles. The largest absolute Gasteiger partial charge is 0.0912 e. The first kappa shape index (κ1) is 18.7. The SMILES string of the molecule is C=C(/C=C\C=C/C)c1ccc2c(c1)C(C)(C)/C(=C/C(I)=C\C)C2=C. The van der Waals surface area contributed by atoms with Gasteiger partial charge in [0.05, 0.1) is 0 Å². The molecule has 0 unspecified atom stereocenters. The summed E-state index contributed by atoms with van der Waals surface area (Å²) in [7, 11) is 0. The summed E-state index contributed by atoms with van der Waals surface area (Å²) in [5.41, 5.74) is 7.16. The van der Waals surface area contributed by atoms with E-state index in [2.05, 4.69) is 92.9 Å². The Morgan fingerprint density at radius 2 is 1.88 bits per heavy atom. The maximum absolute atomic E-state index is 4.35. The lowest BCUT2D eigenvalue weighted by atomic mass is 9.81. The Balaban J connectivity index is 2.49. The molecule has 2 rings (SSSR count). The van der Waals surface area contributed by atoms with Crippen LogP contribution >= 0.6 is 22.6 Å². The first-order valence-electron chi connectivity index (χ1n) is 8.19. The third kappa shape index (κ3) is 3.56. The van der Waals surface area contributed by atoms with Crippen molar-refractivity contribution in [3.8, 4) is 0 Å². The molecule has 0 amide bonds. The molecule has 124 valence electrons. The van der Waals surface area contributed by atoms with Gasteiger partial charge in [0.15, 0.2) is 0 Å². The molecule has 0 atom stereocenters. The summed E-state index contributed by atoms with van der Waals surface area (Å²) in [5, 5.41) is 0. The lowest BCUT2D eigenvalue weighted by Gasteiger charge is -2.22. The van der Waals surface area contributed by atoms with Gasteiger partial charge >= 0.3 is 0 Å². The Labute approximate surface area is 160 Å². The summed E-state index contributed by atoms with van der Waals surface area (Å²) >= 11 is 2.37. The zero-order chi connectivity index (χ0) is 17.9. The van der Waals surface area contributed by atoms with Gasteiger partial charge in [-0.3, -0.25) is 0 Å². The molecule has 0 N–H and O–H groups in total. The molecule has 0 radical (unpaired) electrons. The molecular weight excluding hydrogens is 403 g/mol. The zero-order valence-corrected chi connectivity index (χ0v) is 17.1. The van der Waals surface area contributed by atoms with E-state index in [1.54, 1.807) is 0 Å². The van der Waals surface area contributed by atoms with Crippen molar-refractivity contribution in [2.45, 2.75) is 33.1 Å². The van der Waals surface area contributed by atoms with Crippen molar-refractivity contribution >= 4 is 33.7 Å². The van der Waals surface area contributed by atoms with Gasteiger partial charge in [-0.2, -0.15) is 0 Å². The molecule has 24 heavy (non-hydrogen) atoms. The zero-order valence-electron chi connectivity index (χ0n) is 15.0. The molecule has 1 aromatic rings. The van der Waals surface area contributed by atoms with E-state index in [-0.39, 0.29) is 5.41 Å². The van der Waals surface area contributed by atoms with Gasteiger partial charge in [-0.25, -0.2) is 0 Å². The van der Waals surface area contributed by atoms with Crippen molar-refractivity contribution in [3.05, 3.63) is 93.7 Å². The molecule has 0 saturated heterocycles. The summed E-state index contributed by atoms with van der Waals surface area (Å²) in [6.07, 6.45) is 12.5. The highest BCUT2D eigenvalue weighted by Gasteiger charge is 2.37. The van der Waals surface area contributed by atoms with Crippen molar-refractivity contribution < 1.29 is 0 Å². The molecule has 1 aromatic carbocycles. The van der Waals surface area contributed by atoms with E-state index in [0.29, 0.717) is 0 Å². The van der Waals surface area contributed by atoms with E-state index in [9.17, 15) is 0 Å². The Kier molecular flexibility index (Phi) is 5.87. The van der Waals surface area contributed by atoms with Gasteiger partial charge < -0.3 is 0 Å². The molecular formula is C23H25I. The summed E-state index contributed by atoms with van der Waals surface area (Å²) in [5.74, 6) is 0. The van der Waals surface area contributed by atoms with Crippen molar-refractivity contribution in [2.75, 3.05) is 0 Å². The quantitative estimate of drug-likeness (QED) is 0.346. The maximum Gasteiger partial charge on any atom is 0.0159 e. The van der Waals surface area contributed by atoms with Crippen LogP contribution < -0.4 is 0 Å². The van der Waals surface area contributed by atoms with Crippen molar-refractivity contribution in [1.29, 1.82) is 0 Å². The van der Waals surface area contributed by atoms with Crippen LogP contribution in [-0.4, -0.2) is 0 Å². The molecule has 0 aliphatic heterocycles. The first-order valence-corrected chi connectivity index (χ1v) is 9.27. The van der Waals surface area contributed by atoms with Crippen LogP contribution in [0.15, 0.2) is 77.0 Å². The molecule has 0 aromatic heterocycles. The molecule has 1 aliphatic rings. The number of hydrogen-bond acceptors (Lipinski definition) is 0. The highest BCUT2D eigenvalue weighted by Crippen LogP contribution is 2.50. The van der Waals surface area contributed by atoms with Crippen LogP contribution in [0.25, 0.3) is 11.1 Å². The van der Waals surface area contributed by atoms with Crippen LogP contribution in [0.4, 0.5) is 0 Å². The molecule has 0 spiro atoms. The third-order valence-electron chi connectivity index (χ3n) is 4.55. The van der Waals surface area contributed by atoms with E-state index >= 15 is 0 Å². The predicted octanol–water partition coefficient (Wildman–Crippen LogP) is 7.40. The van der Waals surface area contributed by atoms with Crippen LogP contribution in [0, 0.1) is 0 Å². The Morgan fingerprint density at radius 3 is 2.50 bits per heavy atom. The van der Waals surface area contributed by atoms with Crippen LogP contribution in [0.2, 0.25) is 0 Å². The summed E-state index contributed by atoms with van der Waals surface area (Å²) < 4.78 is 1.24. The van der Waals surface area contributed by atoms with Gasteiger partial charge in [0.2, 0.25) is 0 Å². The van der Waals surface area contributed by atoms with E-state index in [1.165, 1.54) is 20.3 Å². The highest BCUT2D eigenvalue weighted by atomic mass is 127. The number of rotatable bonds is 4. The number of allylic oxidation sites excluding steroid dienone is 10. The van der Waals surface area contributed by atoms with Gasteiger partial charge in [0.1, 0.15) is 0 Å². The van der Waals surface area contributed by atoms with E-state index < -0.39 is 0 Å². The Morgan fingerprint density at radius 1 is 1.17 bits per heavy atom. The summed E-state index contributed by atoms with van der Waals surface area (Å²) in [6.45, 7) is 17.2. The second-order valence-electron chi connectivity index (χ2n) is 6.51. The minimum atomic E-state index is -0.0465. The van der Waals surface area contributed by atoms with Crippen molar-refractivity contribution in [2.24, 2.45) is 0 Å². The van der Waals surface area contributed by atoms with Crippen LogP contribution in [-0.2, 0) is 5.41 Å². The van der Waals surface area contributed by atoms with E-state index in [0.717, 1.165) is 16.7 Å². The number of halogens is 1. The fourth-order valence-corrected chi connectivity index (χ4v) is 3.37. The topological polar surface area (TPSA) is 0 Å². The second-order valence-corrected chi connectivity index (χ2v) is 7.75. The highest BCUT2D eigenvalue weighted by molar-refractivity contribution is 14.1. The number of fused-ring (bicyclic) bond motifs is 1. The van der Waals surface area contributed by atoms with Gasteiger partial charge in [-0.05, 0) is 82.0 Å². The third-order valence-corrected chi connectivity index (χ3v) is 5.48. The lowest BCUT2D eigenvalue weighted by molar-refractivity contribution is 0.660. The van der Waals surface area contributed by atoms with Crippen LogP contribution in [0.5, 0.6) is 0 Å². The van der Waals surface area contributed by atoms with Crippen LogP contribution in [0.3, 0.4) is 0 Å². The second kappa shape index (κ2) is 7.52. The molecule has 1 aliphatic carbocycles. The number of benzene rings is 1. The fraction of sp³-hybridized carbons (Fsp3) is 0.217. The van der Waals surface area contributed by atoms with Gasteiger partial charge in [0, 0.05) is 8.99 Å². The van der Waals surface area contributed by atoms with Crippen molar-refractivity contribution in [3.63, 3.8) is 0 Å². The van der Waals surface area contributed by atoms with Crippen molar-refractivity contribution in [1.82, 2.24) is 0 Å². The average molecular weight is 428 g/mol. The number of hydrogen-bond donors (Lipinski definition) is 0. The first-order chi connectivity index (χ1) is 11.3. The van der Waals surface area contributed by atoms with E-state index in [4.69, 9.17) is 0 Å². The van der Waals surface area contributed by atoms with Gasteiger partial charge in [0.25, 0.3) is 0 Å². The standard InChI is InChI=1S/C23H25I/c1-7-9-10-11-16(3)18-12-13-20-17(4)21(15-19(24)8-2)23(5,6)22(20)14-18/h7-15H,3-4H2,1-2,5-6H3/b9-7-,11-10-,19-8+,21-15+. The summed E-state index contributed by atoms with van der Waals surface area (Å²) in [6, 6.07) is 6.60. The smallest absolute Gasteiger partial charge is 0.0159 e. The normalized spacial score (nSPS) is 18.8. The average Bonchev–Trinajstić information content (AvgIpc) is 2.75. The fourth-order valence-electron chi connectivity index (χ4n) is 3.06. The minimum absolute atomic E-state index is 0.0465. The van der Waals surface area contributed by atoms with Gasteiger partial charge in [-0.1, -0.05) is 69.5 Å². The molecule has 0 heterocycles. The lowest BCUT2D eigenvalue weighted by Crippen LogP contribution is -2.15. The minimum Gasteiger partial charge on any atom is -0.0912 e. The molecule has 1 heteroatoms. The van der Waals surface area contributed by atoms with Crippen LogP contribution in [0.1, 0.15) is 44.4 Å². The predicted molar refractivity (Wildman–Crippen MR) is 117 cm³/mol. The molecule has 0 nitrogen and oxygen atoms in total. The van der Waals surface area contributed by atoms with Gasteiger partial charge in [-0.15, -0.1) is 0 Å². The summed E-state index contributed by atoms with van der Waals surface area (Å²) in [4.78, 5) is 0.